The third kappa shape index (κ3) is 3.03. The molecule has 0 atom stereocenters. The predicted octanol–water partition coefficient (Wildman–Crippen LogP) is 4.64. The molecule has 0 radical (unpaired) electrons. The van der Waals surface area contributed by atoms with Gasteiger partial charge in [-0.25, -0.2) is 0 Å². The summed E-state index contributed by atoms with van der Waals surface area (Å²) in [6, 6.07) is 10.3. The third-order valence-electron chi connectivity index (χ3n) is 2.90. The SMILES string of the molecule is Cc1cc(C)c(Oc2cccc(Br)c2C#N)c([N+](=O)[O-])c1. The van der Waals surface area contributed by atoms with Gasteiger partial charge in [0.05, 0.1) is 4.92 Å². The first kappa shape index (κ1) is 15.0. The fourth-order valence-corrected chi connectivity index (χ4v) is 2.44. The Kier molecular flexibility index (Phi) is 4.24. The van der Waals surface area contributed by atoms with Crippen LogP contribution >= 0.6 is 15.9 Å². The summed E-state index contributed by atoms with van der Waals surface area (Å²) < 4.78 is 6.24. The highest BCUT2D eigenvalue weighted by atomic mass is 79.9. The van der Waals surface area contributed by atoms with Crippen LogP contribution in [0.1, 0.15) is 16.7 Å². The van der Waals surface area contributed by atoms with Crippen LogP contribution in [0.3, 0.4) is 0 Å². The number of nitro benzene ring substituents is 1. The van der Waals surface area contributed by atoms with Crippen LogP contribution in [0.2, 0.25) is 0 Å². The molecule has 0 saturated heterocycles. The van der Waals surface area contributed by atoms with E-state index >= 15 is 0 Å². The van der Waals surface area contributed by atoms with E-state index in [-0.39, 0.29) is 17.2 Å². The summed E-state index contributed by atoms with van der Waals surface area (Å²) in [5, 5.41) is 20.4. The molecule has 0 unspecified atom stereocenters. The summed E-state index contributed by atoms with van der Waals surface area (Å²) in [7, 11) is 0. The van der Waals surface area contributed by atoms with Crippen molar-refractivity contribution in [1.82, 2.24) is 0 Å². The van der Waals surface area contributed by atoms with Crippen molar-refractivity contribution < 1.29 is 9.66 Å². The maximum atomic E-state index is 11.2. The quantitative estimate of drug-likeness (QED) is 0.599. The summed E-state index contributed by atoms with van der Waals surface area (Å²) in [6.45, 7) is 3.52. The second kappa shape index (κ2) is 5.94. The highest BCUT2D eigenvalue weighted by molar-refractivity contribution is 9.10. The maximum absolute atomic E-state index is 11.2. The second-order valence-electron chi connectivity index (χ2n) is 4.51. The average molecular weight is 347 g/mol. The molecular weight excluding hydrogens is 336 g/mol. The lowest BCUT2D eigenvalue weighted by Crippen LogP contribution is -1.98. The van der Waals surface area contributed by atoms with Crippen molar-refractivity contribution in [3.63, 3.8) is 0 Å². The van der Waals surface area contributed by atoms with Gasteiger partial charge in [0, 0.05) is 10.5 Å². The Morgan fingerprint density at radius 3 is 2.67 bits per heavy atom. The smallest absolute Gasteiger partial charge is 0.312 e. The van der Waals surface area contributed by atoms with Crippen molar-refractivity contribution in [2.75, 3.05) is 0 Å². The summed E-state index contributed by atoms with van der Waals surface area (Å²) in [4.78, 5) is 10.7. The van der Waals surface area contributed by atoms with Crippen LogP contribution in [0, 0.1) is 35.3 Å². The van der Waals surface area contributed by atoms with Crippen LogP contribution in [0.5, 0.6) is 11.5 Å². The van der Waals surface area contributed by atoms with Gasteiger partial charge in [-0.05, 0) is 53.0 Å². The third-order valence-corrected chi connectivity index (χ3v) is 3.56. The standard InChI is InChI=1S/C15H11BrN2O3/c1-9-6-10(2)15(13(7-9)18(19)20)21-14-5-3-4-12(16)11(14)8-17/h3-7H,1-2H3. The van der Waals surface area contributed by atoms with Crippen molar-refractivity contribution in [2.45, 2.75) is 13.8 Å². The Labute approximate surface area is 130 Å². The highest BCUT2D eigenvalue weighted by Gasteiger charge is 2.20. The molecule has 5 nitrogen and oxygen atoms in total. The molecule has 0 aliphatic carbocycles. The molecule has 0 bridgehead atoms. The van der Waals surface area contributed by atoms with Crippen LogP contribution < -0.4 is 4.74 Å². The Balaban J connectivity index is 2.58. The fraction of sp³-hybridized carbons (Fsp3) is 0.133. The number of hydrogen-bond acceptors (Lipinski definition) is 4. The van der Waals surface area contributed by atoms with Gasteiger partial charge < -0.3 is 4.74 Å². The van der Waals surface area contributed by atoms with Gasteiger partial charge >= 0.3 is 5.69 Å². The first-order valence-corrected chi connectivity index (χ1v) is 6.85. The molecule has 21 heavy (non-hydrogen) atoms. The fourth-order valence-electron chi connectivity index (χ4n) is 2.01. The van der Waals surface area contributed by atoms with Gasteiger partial charge in [-0.1, -0.05) is 12.1 Å². The lowest BCUT2D eigenvalue weighted by atomic mass is 10.1. The van der Waals surface area contributed by atoms with E-state index in [1.807, 2.05) is 6.07 Å². The van der Waals surface area contributed by atoms with Crippen molar-refractivity contribution >= 4 is 21.6 Å². The monoisotopic (exact) mass is 346 g/mol. The highest BCUT2D eigenvalue weighted by Crippen LogP contribution is 2.38. The van der Waals surface area contributed by atoms with Gasteiger partial charge in [0.15, 0.2) is 0 Å². The molecule has 2 aromatic rings. The lowest BCUT2D eigenvalue weighted by molar-refractivity contribution is -0.385. The zero-order valence-corrected chi connectivity index (χ0v) is 13.0. The first-order valence-electron chi connectivity index (χ1n) is 6.06. The minimum Gasteiger partial charge on any atom is -0.448 e. The van der Waals surface area contributed by atoms with E-state index < -0.39 is 4.92 Å². The topological polar surface area (TPSA) is 76.2 Å². The molecule has 0 saturated carbocycles. The van der Waals surface area contributed by atoms with Crippen molar-refractivity contribution in [3.8, 4) is 17.6 Å². The molecule has 2 aromatic carbocycles. The maximum Gasteiger partial charge on any atom is 0.312 e. The minimum absolute atomic E-state index is 0.114. The average Bonchev–Trinajstić information content (AvgIpc) is 2.41. The first-order chi connectivity index (χ1) is 9.93. The van der Waals surface area contributed by atoms with E-state index in [2.05, 4.69) is 15.9 Å². The molecule has 0 spiro atoms. The van der Waals surface area contributed by atoms with Gasteiger partial charge in [0.2, 0.25) is 5.75 Å². The number of nitrogens with zero attached hydrogens (tertiary/aromatic N) is 2. The van der Waals surface area contributed by atoms with Crippen LogP contribution in [0.25, 0.3) is 0 Å². The van der Waals surface area contributed by atoms with Gasteiger partial charge in [0.25, 0.3) is 0 Å². The summed E-state index contributed by atoms with van der Waals surface area (Å²) in [6.07, 6.45) is 0. The van der Waals surface area contributed by atoms with Gasteiger partial charge in [0.1, 0.15) is 17.4 Å². The molecule has 0 N–H and O–H groups in total. The number of halogens is 1. The molecule has 0 aliphatic heterocycles. The van der Waals surface area contributed by atoms with Crippen LogP contribution in [-0.2, 0) is 0 Å². The number of aryl methyl sites for hydroxylation is 2. The van der Waals surface area contributed by atoms with Crippen molar-refractivity contribution in [3.05, 3.63) is 61.6 Å². The summed E-state index contributed by atoms with van der Waals surface area (Å²) in [5.74, 6) is 0.433. The Hall–Kier alpha value is -2.39. The van der Waals surface area contributed by atoms with Gasteiger partial charge in [-0.3, -0.25) is 10.1 Å². The Morgan fingerprint density at radius 1 is 1.33 bits per heavy atom. The number of ether oxygens (including phenoxy) is 1. The molecule has 2 rings (SSSR count). The van der Waals surface area contributed by atoms with E-state index in [4.69, 9.17) is 4.74 Å². The molecule has 0 aromatic heterocycles. The van der Waals surface area contributed by atoms with E-state index in [1.165, 1.54) is 6.07 Å². The number of rotatable bonds is 3. The van der Waals surface area contributed by atoms with Crippen LogP contribution in [-0.4, -0.2) is 4.92 Å². The van der Waals surface area contributed by atoms with Crippen molar-refractivity contribution in [2.24, 2.45) is 0 Å². The van der Waals surface area contributed by atoms with Gasteiger partial charge in [-0.15, -0.1) is 0 Å². The summed E-state index contributed by atoms with van der Waals surface area (Å²) >= 11 is 3.26. The van der Waals surface area contributed by atoms with Crippen molar-refractivity contribution in [1.29, 1.82) is 5.26 Å². The molecule has 6 heteroatoms. The zero-order valence-electron chi connectivity index (χ0n) is 11.4. The molecule has 106 valence electrons. The Bertz CT molecular complexity index is 766. The van der Waals surface area contributed by atoms with E-state index in [0.717, 1.165) is 5.56 Å². The normalized spacial score (nSPS) is 10.0. The number of hydrogen-bond donors (Lipinski definition) is 0. The van der Waals surface area contributed by atoms with E-state index in [0.29, 0.717) is 15.6 Å². The minimum atomic E-state index is -0.487. The van der Waals surface area contributed by atoms with E-state index in [1.54, 1.807) is 38.1 Å². The largest absolute Gasteiger partial charge is 0.448 e. The molecule has 0 heterocycles. The van der Waals surface area contributed by atoms with Gasteiger partial charge in [-0.2, -0.15) is 5.26 Å². The molecule has 0 amide bonds. The Morgan fingerprint density at radius 2 is 2.05 bits per heavy atom. The predicted molar refractivity (Wildman–Crippen MR) is 81.5 cm³/mol. The second-order valence-corrected chi connectivity index (χ2v) is 5.37. The number of nitro groups is 1. The molecule has 0 aliphatic rings. The summed E-state index contributed by atoms with van der Waals surface area (Å²) in [5.41, 5.74) is 1.61. The zero-order chi connectivity index (χ0) is 15.6. The number of nitriles is 1. The van der Waals surface area contributed by atoms with Crippen LogP contribution in [0.15, 0.2) is 34.8 Å². The lowest BCUT2D eigenvalue weighted by Gasteiger charge is -2.11. The van der Waals surface area contributed by atoms with E-state index in [9.17, 15) is 15.4 Å². The number of benzene rings is 2. The molecular formula is C15H11BrN2O3. The van der Waals surface area contributed by atoms with Crippen LogP contribution in [0.4, 0.5) is 5.69 Å². The molecule has 0 fully saturated rings.